The SMILES string of the molecule is Cc1cc(C(N)=O)ccc1NCC(C)(C)CCC#N. The van der Waals surface area contributed by atoms with Crippen LogP contribution in [0.3, 0.4) is 0 Å². The Morgan fingerprint density at radius 3 is 2.68 bits per heavy atom. The van der Waals surface area contributed by atoms with E-state index in [2.05, 4.69) is 25.2 Å². The van der Waals surface area contributed by atoms with E-state index in [0.29, 0.717) is 12.0 Å². The minimum Gasteiger partial charge on any atom is -0.384 e. The second-order valence-corrected chi connectivity index (χ2v) is 5.57. The van der Waals surface area contributed by atoms with Gasteiger partial charge in [-0.2, -0.15) is 5.26 Å². The van der Waals surface area contributed by atoms with E-state index < -0.39 is 5.91 Å². The summed E-state index contributed by atoms with van der Waals surface area (Å²) < 4.78 is 0. The highest BCUT2D eigenvalue weighted by atomic mass is 16.1. The smallest absolute Gasteiger partial charge is 0.248 e. The number of carbonyl (C=O) groups excluding carboxylic acids is 1. The molecule has 4 nitrogen and oxygen atoms in total. The number of nitrogens with two attached hydrogens (primary N) is 1. The lowest BCUT2D eigenvalue weighted by molar-refractivity contribution is 0.1000. The average Bonchev–Trinajstić information content (AvgIpc) is 2.35. The van der Waals surface area contributed by atoms with Crippen LogP contribution in [0.15, 0.2) is 18.2 Å². The minimum absolute atomic E-state index is 0.0600. The van der Waals surface area contributed by atoms with Crippen molar-refractivity contribution in [2.24, 2.45) is 11.1 Å². The quantitative estimate of drug-likeness (QED) is 0.824. The lowest BCUT2D eigenvalue weighted by Gasteiger charge is -2.25. The first-order valence-corrected chi connectivity index (χ1v) is 6.37. The molecule has 0 bridgehead atoms. The van der Waals surface area contributed by atoms with Crippen LogP contribution in [0.4, 0.5) is 5.69 Å². The summed E-state index contributed by atoms with van der Waals surface area (Å²) in [6.07, 6.45) is 1.42. The van der Waals surface area contributed by atoms with Crippen LogP contribution in [0.2, 0.25) is 0 Å². The summed E-state index contributed by atoms with van der Waals surface area (Å²) in [6.45, 7) is 6.98. The molecule has 0 atom stereocenters. The zero-order valence-corrected chi connectivity index (χ0v) is 11.8. The molecule has 0 fully saturated rings. The van der Waals surface area contributed by atoms with Crippen LogP contribution in [0, 0.1) is 23.7 Å². The van der Waals surface area contributed by atoms with Crippen molar-refractivity contribution in [1.29, 1.82) is 5.26 Å². The van der Waals surface area contributed by atoms with Crippen LogP contribution in [0.25, 0.3) is 0 Å². The Hall–Kier alpha value is -2.02. The zero-order valence-electron chi connectivity index (χ0n) is 11.8. The number of hydrogen-bond donors (Lipinski definition) is 2. The second-order valence-electron chi connectivity index (χ2n) is 5.57. The number of primary amides is 1. The van der Waals surface area contributed by atoms with Crippen LogP contribution >= 0.6 is 0 Å². The van der Waals surface area contributed by atoms with Gasteiger partial charge < -0.3 is 11.1 Å². The maximum absolute atomic E-state index is 11.1. The summed E-state index contributed by atoms with van der Waals surface area (Å²) in [4.78, 5) is 11.1. The zero-order chi connectivity index (χ0) is 14.5. The molecule has 0 heterocycles. The number of aryl methyl sites for hydroxylation is 1. The lowest BCUT2D eigenvalue weighted by Crippen LogP contribution is -2.23. The van der Waals surface area contributed by atoms with Crippen molar-refractivity contribution in [1.82, 2.24) is 0 Å². The van der Waals surface area contributed by atoms with E-state index in [1.165, 1.54) is 0 Å². The van der Waals surface area contributed by atoms with Crippen molar-refractivity contribution >= 4 is 11.6 Å². The third kappa shape index (κ3) is 4.63. The summed E-state index contributed by atoms with van der Waals surface area (Å²) in [6, 6.07) is 7.55. The number of nitrogens with one attached hydrogen (secondary N) is 1. The first-order chi connectivity index (χ1) is 8.85. The van der Waals surface area contributed by atoms with E-state index >= 15 is 0 Å². The van der Waals surface area contributed by atoms with E-state index in [1.54, 1.807) is 12.1 Å². The van der Waals surface area contributed by atoms with Crippen molar-refractivity contribution in [2.45, 2.75) is 33.6 Å². The molecule has 1 rings (SSSR count). The van der Waals surface area contributed by atoms with Gasteiger partial charge in [-0.25, -0.2) is 0 Å². The number of benzene rings is 1. The van der Waals surface area contributed by atoms with E-state index in [-0.39, 0.29) is 5.41 Å². The predicted octanol–water partition coefficient (Wildman–Crippen LogP) is 2.84. The average molecular weight is 259 g/mol. The highest BCUT2D eigenvalue weighted by Crippen LogP contribution is 2.24. The van der Waals surface area contributed by atoms with Gasteiger partial charge in [0.15, 0.2) is 0 Å². The molecule has 0 saturated carbocycles. The molecule has 0 unspecified atom stereocenters. The van der Waals surface area contributed by atoms with Crippen molar-refractivity contribution < 1.29 is 4.79 Å². The van der Waals surface area contributed by atoms with Crippen molar-refractivity contribution in [3.63, 3.8) is 0 Å². The number of rotatable bonds is 6. The largest absolute Gasteiger partial charge is 0.384 e. The van der Waals surface area contributed by atoms with E-state index in [0.717, 1.165) is 24.2 Å². The summed E-state index contributed by atoms with van der Waals surface area (Å²) in [5, 5.41) is 12.0. The van der Waals surface area contributed by atoms with Gasteiger partial charge in [-0.1, -0.05) is 13.8 Å². The fourth-order valence-corrected chi connectivity index (χ4v) is 1.83. The number of nitriles is 1. The van der Waals surface area contributed by atoms with Gasteiger partial charge in [-0.15, -0.1) is 0 Å². The Labute approximate surface area is 114 Å². The van der Waals surface area contributed by atoms with Crippen LogP contribution in [-0.4, -0.2) is 12.5 Å². The first-order valence-electron chi connectivity index (χ1n) is 6.37. The molecule has 0 aliphatic heterocycles. The van der Waals surface area contributed by atoms with Gasteiger partial charge in [-0.3, -0.25) is 4.79 Å². The highest BCUT2D eigenvalue weighted by molar-refractivity contribution is 5.93. The minimum atomic E-state index is -0.413. The molecule has 3 N–H and O–H groups in total. The molecule has 1 aromatic rings. The number of anilines is 1. The fourth-order valence-electron chi connectivity index (χ4n) is 1.83. The third-order valence-electron chi connectivity index (χ3n) is 3.18. The maximum atomic E-state index is 11.1. The monoisotopic (exact) mass is 259 g/mol. The molecule has 19 heavy (non-hydrogen) atoms. The molecule has 1 aromatic carbocycles. The molecule has 0 spiro atoms. The van der Waals surface area contributed by atoms with Gasteiger partial charge >= 0.3 is 0 Å². The standard InChI is InChI=1S/C15H21N3O/c1-11-9-12(14(17)19)5-6-13(11)18-10-15(2,3)7-4-8-16/h5-6,9,18H,4,7,10H2,1-3H3,(H2,17,19). The van der Waals surface area contributed by atoms with E-state index in [9.17, 15) is 4.79 Å². The summed E-state index contributed by atoms with van der Waals surface area (Å²) in [5.74, 6) is -0.413. The van der Waals surface area contributed by atoms with Crippen LogP contribution in [0.1, 0.15) is 42.6 Å². The summed E-state index contributed by atoms with van der Waals surface area (Å²) in [7, 11) is 0. The van der Waals surface area contributed by atoms with Crippen LogP contribution in [0.5, 0.6) is 0 Å². The molecule has 0 saturated heterocycles. The predicted molar refractivity (Wildman–Crippen MR) is 76.8 cm³/mol. The van der Waals surface area contributed by atoms with Gasteiger partial charge in [0.1, 0.15) is 0 Å². The molecule has 0 aromatic heterocycles. The van der Waals surface area contributed by atoms with E-state index in [1.807, 2.05) is 13.0 Å². The fraction of sp³-hybridized carbons (Fsp3) is 0.467. The van der Waals surface area contributed by atoms with Crippen molar-refractivity contribution in [3.05, 3.63) is 29.3 Å². The number of amides is 1. The molecular weight excluding hydrogens is 238 g/mol. The first kappa shape index (κ1) is 15.0. The Kier molecular flexibility index (Phi) is 4.94. The Morgan fingerprint density at radius 2 is 2.16 bits per heavy atom. The Morgan fingerprint density at radius 1 is 1.47 bits per heavy atom. The normalized spacial score (nSPS) is 10.8. The third-order valence-corrected chi connectivity index (χ3v) is 3.18. The molecule has 102 valence electrons. The number of nitrogens with zero attached hydrogens (tertiary/aromatic N) is 1. The summed E-state index contributed by atoms with van der Waals surface area (Å²) >= 11 is 0. The Balaban J connectivity index is 2.68. The molecule has 4 heteroatoms. The van der Waals surface area contributed by atoms with Gasteiger partial charge in [0.2, 0.25) is 5.91 Å². The number of carbonyl (C=O) groups is 1. The van der Waals surface area contributed by atoms with Gasteiger partial charge in [0, 0.05) is 24.2 Å². The molecule has 1 amide bonds. The topological polar surface area (TPSA) is 78.9 Å². The second kappa shape index (κ2) is 6.24. The van der Waals surface area contributed by atoms with Crippen LogP contribution in [-0.2, 0) is 0 Å². The van der Waals surface area contributed by atoms with Crippen molar-refractivity contribution in [3.8, 4) is 6.07 Å². The van der Waals surface area contributed by atoms with Gasteiger partial charge in [0.25, 0.3) is 0 Å². The number of hydrogen-bond acceptors (Lipinski definition) is 3. The molecule has 0 aliphatic rings. The molecule has 0 radical (unpaired) electrons. The molecule has 0 aliphatic carbocycles. The maximum Gasteiger partial charge on any atom is 0.248 e. The lowest BCUT2D eigenvalue weighted by atomic mass is 9.88. The van der Waals surface area contributed by atoms with Crippen LogP contribution < -0.4 is 11.1 Å². The Bertz CT molecular complexity index is 501. The van der Waals surface area contributed by atoms with Gasteiger partial charge in [-0.05, 0) is 42.5 Å². The van der Waals surface area contributed by atoms with Gasteiger partial charge in [0.05, 0.1) is 6.07 Å². The van der Waals surface area contributed by atoms with E-state index in [4.69, 9.17) is 11.0 Å². The van der Waals surface area contributed by atoms with Crippen molar-refractivity contribution in [2.75, 3.05) is 11.9 Å². The molecular formula is C15H21N3O. The summed E-state index contributed by atoms with van der Waals surface area (Å²) in [5.41, 5.74) is 7.81. The highest BCUT2D eigenvalue weighted by Gasteiger charge is 2.17.